The molecular formula is C16H18N2O2. The maximum absolute atomic E-state index is 5.41. The lowest BCUT2D eigenvalue weighted by Gasteiger charge is -2.14. The number of aromatic nitrogens is 1. The van der Waals surface area contributed by atoms with Crippen molar-refractivity contribution < 1.29 is 9.47 Å². The molecular weight excluding hydrogens is 252 g/mol. The van der Waals surface area contributed by atoms with Crippen LogP contribution in [0, 0.1) is 6.92 Å². The van der Waals surface area contributed by atoms with Gasteiger partial charge in [0.1, 0.15) is 0 Å². The van der Waals surface area contributed by atoms with Crippen LogP contribution in [0.25, 0.3) is 0 Å². The molecule has 0 fully saturated rings. The van der Waals surface area contributed by atoms with Crippen molar-refractivity contribution in [3.63, 3.8) is 0 Å². The summed E-state index contributed by atoms with van der Waals surface area (Å²) in [6, 6.07) is 10.4. The van der Waals surface area contributed by atoms with Crippen molar-refractivity contribution in [3.05, 3.63) is 53.3 Å². The number of hydrogen-bond acceptors (Lipinski definition) is 4. The lowest BCUT2D eigenvalue weighted by molar-refractivity contribution is 0.174. The van der Waals surface area contributed by atoms with Gasteiger partial charge < -0.3 is 14.8 Å². The number of fused-ring (bicyclic) bond motifs is 1. The molecule has 4 heteroatoms. The van der Waals surface area contributed by atoms with Gasteiger partial charge in [0.25, 0.3) is 0 Å². The highest BCUT2D eigenvalue weighted by Crippen LogP contribution is 2.34. The van der Waals surface area contributed by atoms with E-state index in [1.54, 1.807) is 0 Å². The summed E-state index contributed by atoms with van der Waals surface area (Å²) in [5, 5.41) is 3.49. The van der Waals surface area contributed by atoms with Crippen molar-refractivity contribution in [2.75, 3.05) is 6.79 Å². The Balaban J connectivity index is 1.64. The van der Waals surface area contributed by atoms with E-state index in [0.717, 1.165) is 23.7 Å². The molecule has 0 amide bonds. The monoisotopic (exact) mass is 270 g/mol. The molecule has 2 heterocycles. The maximum Gasteiger partial charge on any atom is 0.231 e. The Morgan fingerprint density at radius 3 is 2.85 bits per heavy atom. The lowest BCUT2D eigenvalue weighted by atomic mass is 10.1. The maximum atomic E-state index is 5.41. The standard InChI is InChI=1S/C16H18N2O2/c1-11-3-4-13(8-17-11)9-18-12(2)14-5-6-15-16(7-14)20-10-19-15/h3-8,12,18H,9-10H2,1-2H3. The quantitative estimate of drug-likeness (QED) is 0.927. The third-order valence-corrected chi connectivity index (χ3v) is 3.48. The van der Waals surface area contributed by atoms with Crippen LogP contribution in [0.2, 0.25) is 0 Å². The molecule has 0 saturated heterocycles. The normalized spacial score (nSPS) is 14.3. The number of nitrogens with one attached hydrogen (secondary N) is 1. The summed E-state index contributed by atoms with van der Waals surface area (Å²) in [4.78, 5) is 4.30. The average Bonchev–Trinajstić information content (AvgIpc) is 2.93. The first kappa shape index (κ1) is 12.9. The molecule has 1 atom stereocenters. The van der Waals surface area contributed by atoms with Gasteiger partial charge in [-0.3, -0.25) is 4.98 Å². The molecule has 4 nitrogen and oxygen atoms in total. The molecule has 0 bridgehead atoms. The van der Waals surface area contributed by atoms with Crippen molar-refractivity contribution in [1.29, 1.82) is 0 Å². The van der Waals surface area contributed by atoms with E-state index in [2.05, 4.69) is 29.4 Å². The number of rotatable bonds is 4. The van der Waals surface area contributed by atoms with Crippen molar-refractivity contribution in [3.8, 4) is 11.5 Å². The molecule has 0 radical (unpaired) electrons. The van der Waals surface area contributed by atoms with E-state index in [9.17, 15) is 0 Å². The Hall–Kier alpha value is -2.07. The van der Waals surface area contributed by atoms with Gasteiger partial charge in [0.15, 0.2) is 11.5 Å². The molecule has 3 rings (SSSR count). The van der Waals surface area contributed by atoms with Crippen molar-refractivity contribution in [1.82, 2.24) is 10.3 Å². The number of benzene rings is 1. The van der Waals surface area contributed by atoms with E-state index in [1.165, 1.54) is 11.1 Å². The summed E-state index contributed by atoms with van der Waals surface area (Å²) in [5.41, 5.74) is 3.41. The fourth-order valence-electron chi connectivity index (χ4n) is 2.17. The van der Waals surface area contributed by atoms with Gasteiger partial charge >= 0.3 is 0 Å². The van der Waals surface area contributed by atoms with E-state index in [-0.39, 0.29) is 6.04 Å². The Labute approximate surface area is 118 Å². The average molecular weight is 270 g/mol. The Bertz CT molecular complexity index is 596. The second-order valence-corrected chi connectivity index (χ2v) is 5.02. The third kappa shape index (κ3) is 2.75. The van der Waals surface area contributed by atoms with Gasteiger partial charge in [0, 0.05) is 24.5 Å². The predicted octanol–water partition coefficient (Wildman–Crippen LogP) is 2.97. The first-order chi connectivity index (χ1) is 9.72. The summed E-state index contributed by atoms with van der Waals surface area (Å²) in [6.45, 7) is 5.24. The van der Waals surface area contributed by atoms with Gasteiger partial charge in [-0.15, -0.1) is 0 Å². The molecule has 1 aromatic carbocycles. The molecule has 0 aliphatic carbocycles. The van der Waals surface area contributed by atoms with Gasteiger partial charge in [-0.05, 0) is 43.2 Å². The third-order valence-electron chi connectivity index (χ3n) is 3.48. The van der Waals surface area contributed by atoms with E-state index in [4.69, 9.17) is 9.47 Å². The predicted molar refractivity (Wildman–Crippen MR) is 76.8 cm³/mol. The zero-order chi connectivity index (χ0) is 13.9. The van der Waals surface area contributed by atoms with Gasteiger partial charge in [0.2, 0.25) is 6.79 Å². The van der Waals surface area contributed by atoms with E-state index in [0.29, 0.717) is 6.79 Å². The van der Waals surface area contributed by atoms with Crippen LogP contribution in [0.5, 0.6) is 11.5 Å². The van der Waals surface area contributed by atoms with Crippen LogP contribution in [0.15, 0.2) is 36.5 Å². The molecule has 1 aliphatic heterocycles. The van der Waals surface area contributed by atoms with Crippen molar-refractivity contribution in [2.45, 2.75) is 26.4 Å². The molecule has 0 saturated carbocycles. The van der Waals surface area contributed by atoms with Crippen LogP contribution in [0.3, 0.4) is 0 Å². The molecule has 1 aromatic heterocycles. The molecule has 2 aromatic rings. The molecule has 20 heavy (non-hydrogen) atoms. The van der Waals surface area contributed by atoms with Crippen LogP contribution in [0.4, 0.5) is 0 Å². The van der Waals surface area contributed by atoms with Crippen molar-refractivity contribution in [2.24, 2.45) is 0 Å². The topological polar surface area (TPSA) is 43.4 Å². The zero-order valence-electron chi connectivity index (χ0n) is 11.7. The van der Waals surface area contributed by atoms with E-state index >= 15 is 0 Å². The number of pyridine rings is 1. The molecule has 104 valence electrons. The molecule has 1 unspecified atom stereocenters. The highest BCUT2D eigenvalue weighted by atomic mass is 16.7. The summed E-state index contributed by atoms with van der Waals surface area (Å²) in [5.74, 6) is 1.65. The Morgan fingerprint density at radius 2 is 2.05 bits per heavy atom. The summed E-state index contributed by atoms with van der Waals surface area (Å²) < 4.78 is 10.7. The number of nitrogens with zero attached hydrogens (tertiary/aromatic N) is 1. The highest BCUT2D eigenvalue weighted by Gasteiger charge is 2.15. The number of ether oxygens (including phenoxy) is 2. The van der Waals surface area contributed by atoms with Crippen LogP contribution in [0.1, 0.15) is 29.8 Å². The Kier molecular flexibility index (Phi) is 3.56. The van der Waals surface area contributed by atoms with Crippen LogP contribution in [-0.4, -0.2) is 11.8 Å². The van der Waals surface area contributed by atoms with E-state index in [1.807, 2.05) is 31.3 Å². The minimum atomic E-state index is 0.241. The second kappa shape index (κ2) is 5.51. The summed E-state index contributed by atoms with van der Waals surface area (Å²) in [6.07, 6.45) is 1.91. The summed E-state index contributed by atoms with van der Waals surface area (Å²) >= 11 is 0. The first-order valence-corrected chi connectivity index (χ1v) is 6.77. The Morgan fingerprint density at radius 1 is 1.20 bits per heavy atom. The highest BCUT2D eigenvalue weighted by molar-refractivity contribution is 5.45. The minimum absolute atomic E-state index is 0.241. The lowest BCUT2D eigenvalue weighted by Crippen LogP contribution is -2.18. The number of hydrogen-bond donors (Lipinski definition) is 1. The zero-order valence-corrected chi connectivity index (χ0v) is 11.7. The van der Waals surface area contributed by atoms with Crippen LogP contribution >= 0.6 is 0 Å². The molecule has 1 aliphatic rings. The fourth-order valence-corrected chi connectivity index (χ4v) is 2.17. The summed E-state index contributed by atoms with van der Waals surface area (Å²) in [7, 11) is 0. The molecule has 0 spiro atoms. The van der Waals surface area contributed by atoms with Gasteiger partial charge in [0.05, 0.1) is 0 Å². The fraction of sp³-hybridized carbons (Fsp3) is 0.312. The first-order valence-electron chi connectivity index (χ1n) is 6.77. The molecule has 1 N–H and O–H groups in total. The number of aryl methyl sites for hydroxylation is 1. The van der Waals surface area contributed by atoms with Crippen molar-refractivity contribution >= 4 is 0 Å². The van der Waals surface area contributed by atoms with Gasteiger partial charge in [-0.1, -0.05) is 12.1 Å². The van der Waals surface area contributed by atoms with Crippen LogP contribution < -0.4 is 14.8 Å². The van der Waals surface area contributed by atoms with Crippen LogP contribution in [-0.2, 0) is 6.54 Å². The van der Waals surface area contributed by atoms with Gasteiger partial charge in [-0.25, -0.2) is 0 Å². The smallest absolute Gasteiger partial charge is 0.231 e. The minimum Gasteiger partial charge on any atom is -0.454 e. The van der Waals surface area contributed by atoms with E-state index < -0.39 is 0 Å². The second-order valence-electron chi connectivity index (χ2n) is 5.02. The largest absolute Gasteiger partial charge is 0.454 e. The van der Waals surface area contributed by atoms with Gasteiger partial charge in [-0.2, -0.15) is 0 Å². The SMILES string of the molecule is Cc1ccc(CNC(C)c2ccc3c(c2)OCO3)cn1.